The highest BCUT2D eigenvalue weighted by atomic mass is 15.2. The largest absolute Gasteiger partial charge is 0.328 e. The molecule has 0 aliphatic heterocycles. The maximum atomic E-state index is 8.63. The SMILES string of the molecule is CC(CC#N)N(C)C1CCCC(N)C1. The highest BCUT2D eigenvalue weighted by Gasteiger charge is 2.25. The Hall–Kier alpha value is -0.590. The maximum absolute atomic E-state index is 8.63. The summed E-state index contributed by atoms with van der Waals surface area (Å²) in [7, 11) is 2.12. The predicted molar refractivity (Wildman–Crippen MR) is 57.7 cm³/mol. The van der Waals surface area contributed by atoms with Crippen LogP contribution in [0.15, 0.2) is 0 Å². The summed E-state index contributed by atoms with van der Waals surface area (Å²) in [6.07, 6.45) is 5.33. The van der Waals surface area contributed by atoms with Gasteiger partial charge in [0.15, 0.2) is 0 Å². The van der Waals surface area contributed by atoms with Crippen molar-refractivity contribution in [3.8, 4) is 6.07 Å². The van der Waals surface area contributed by atoms with Crippen molar-refractivity contribution in [1.82, 2.24) is 4.90 Å². The molecule has 3 atom stereocenters. The van der Waals surface area contributed by atoms with Crippen molar-refractivity contribution >= 4 is 0 Å². The van der Waals surface area contributed by atoms with Crippen molar-refractivity contribution in [1.29, 1.82) is 5.26 Å². The van der Waals surface area contributed by atoms with Gasteiger partial charge in [-0.1, -0.05) is 6.42 Å². The lowest BCUT2D eigenvalue weighted by Gasteiger charge is -2.36. The summed E-state index contributed by atoms with van der Waals surface area (Å²) in [6.45, 7) is 2.11. The van der Waals surface area contributed by atoms with Crippen molar-refractivity contribution in [2.45, 2.75) is 57.2 Å². The van der Waals surface area contributed by atoms with Crippen LogP contribution >= 0.6 is 0 Å². The van der Waals surface area contributed by atoms with E-state index in [2.05, 4.69) is 24.9 Å². The quantitative estimate of drug-likeness (QED) is 0.742. The molecule has 3 nitrogen and oxygen atoms in total. The van der Waals surface area contributed by atoms with Crippen LogP contribution in [0.1, 0.15) is 39.0 Å². The van der Waals surface area contributed by atoms with Crippen molar-refractivity contribution in [3.05, 3.63) is 0 Å². The fourth-order valence-corrected chi connectivity index (χ4v) is 2.21. The molecule has 0 spiro atoms. The molecule has 3 heteroatoms. The zero-order valence-corrected chi connectivity index (χ0v) is 9.24. The zero-order valence-electron chi connectivity index (χ0n) is 9.24. The van der Waals surface area contributed by atoms with Crippen molar-refractivity contribution in [2.75, 3.05) is 7.05 Å². The average Bonchev–Trinajstić information content (AvgIpc) is 2.17. The van der Waals surface area contributed by atoms with E-state index in [1.54, 1.807) is 0 Å². The van der Waals surface area contributed by atoms with E-state index in [1.807, 2.05) is 0 Å². The highest BCUT2D eigenvalue weighted by Crippen LogP contribution is 2.22. The van der Waals surface area contributed by atoms with Crippen LogP contribution in [-0.4, -0.2) is 30.1 Å². The fourth-order valence-electron chi connectivity index (χ4n) is 2.21. The van der Waals surface area contributed by atoms with Crippen LogP contribution in [0.4, 0.5) is 0 Å². The number of nitrogens with zero attached hydrogens (tertiary/aromatic N) is 2. The summed E-state index contributed by atoms with van der Waals surface area (Å²) in [5.41, 5.74) is 5.95. The third kappa shape index (κ3) is 2.97. The van der Waals surface area contributed by atoms with Gasteiger partial charge in [0, 0.05) is 18.1 Å². The molecule has 1 aliphatic carbocycles. The first-order valence-corrected chi connectivity index (χ1v) is 5.49. The summed E-state index contributed by atoms with van der Waals surface area (Å²) in [4.78, 5) is 2.32. The third-order valence-electron chi connectivity index (χ3n) is 3.35. The molecule has 1 fully saturated rings. The molecule has 1 saturated carbocycles. The first-order valence-electron chi connectivity index (χ1n) is 5.49. The lowest BCUT2D eigenvalue weighted by atomic mass is 9.90. The lowest BCUT2D eigenvalue weighted by molar-refractivity contribution is 0.140. The van der Waals surface area contributed by atoms with E-state index in [0.717, 1.165) is 12.8 Å². The second-order valence-corrected chi connectivity index (χ2v) is 4.46. The van der Waals surface area contributed by atoms with Gasteiger partial charge in [-0.2, -0.15) is 5.26 Å². The molecule has 0 saturated heterocycles. The summed E-state index contributed by atoms with van der Waals surface area (Å²) in [5, 5.41) is 8.63. The number of hydrogen-bond donors (Lipinski definition) is 1. The van der Waals surface area contributed by atoms with Gasteiger partial charge in [0.05, 0.1) is 12.5 Å². The summed E-state index contributed by atoms with van der Waals surface area (Å²) < 4.78 is 0. The first kappa shape index (κ1) is 11.5. The minimum Gasteiger partial charge on any atom is -0.328 e. The summed E-state index contributed by atoms with van der Waals surface area (Å²) in [5.74, 6) is 0. The molecule has 0 aromatic rings. The molecule has 80 valence electrons. The van der Waals surface area contributed by atoms with Crippen LogP contribution in [-0.2, 0) is 0 Å². The van der Waals surface area contributed by atoms with Crippen molar-refractivity contribution < 1.29 is 0 Å². The maximum Gasteiger partial charge on any atom is 0.0638 e. The Morgan fingerprint density at radius 1 is 1.57 bits per heavy atom. The Kier molecular flexibility index (Phi) is 4.37. The van der Waals surface area contributed by atoms with Gasteiger partial charge in [-0.15, -0.1) is 0 Å². The normalized spacial score (nSPS) is 29.9. The van der Waals surface area contributed by atoms with Crippen LogP contribution in [0.2, 0.25) is 0 Å². The molecular formula is C11H21N3. The molecule has 2 N–H and O–H groups in total. The fraction of sp³-hybridized carbons (Fsp3) is 0.909. The summed E-state index contributed by atoms with van der Waals surface area (Å²) >= 11 is 0. The summed E-state index contributed by atoms with van der Waals surface area (Å²) in [6, 6.07) is 3.53. The Morgan fingerprint density at radius 2 is 2.29 bits per heavy atom. The highest BCUT2D eigenvalue weighted by molar-refractivity contribution is 4.86. The minimum absolute atomic E-state index is 0.357. The predicted octanol–water partition coefficient (Wildman–Crippen LogP) is 1.49. The van der Waals surface area contributed by atoms with Gasteiger partial charge >= 0.3 is 0 Å². The van der Waals surface area contributed by atoms with Gasteiger partial charge in [-0.3, -0.25) is 4.90 Å². The molecule has 3 unspecified atom stereocenters. The van der Waals surface area contributed by atoms with Crippen LogP contribution < -0.4 is 5.73 Å². The van der Waals surface area contributed by atoms with Gasteiger partial charge in [0.2, 0.25) is 0 Å². The second-order valence-electron chi connectivity index (χ2n) is 4.46. The van der Waals surface area contributed by atoms with Gasteiger partial charge in [-0.05, 0) is 33.2 Å². The first-order chi connectivity index (χ1) is 6.65. The van der Waals surface area contributed by atoms with E-state index < -0.39 is 0 Å². The zero-order chi connectivity index (χ0) is 10.6. The Labute approximate surface area is 86.9 Å². The van der Waals surface area contributed by atoms with E-state index in [0.29, 0.717) is 24.5 Å². The van der Waals surface area contributed by atoms with Gasteiger partial charge in [0.1, 0.15) is 0 Å². The Bertz CT molecular complexity index is 209. The van der Waals surface area contributed by atoms with Crippen molar-refractivity contribution in [3.63, 3.8) is 0 Å². The van der Waals surface area contributed by atoms with E-state index in [4.69, 9.17) is 11.0 Å². The molecule has 1 rings (SSSR count). The van der Waals surface area contributed by atoms with Gasteiger partial charge in [-0.25, -0.2) is 0 Å². The standard InChI is InChI=1S/C11H21N3/c1-9(6-7-12)14(2)11-5-3-4-10(13)8-11/h9-11H,3-6,8,13H2,1-2H3. The average molecular weight is 195 g/mol. The van der Waals surface area contributed by atoms with Gasteiger partial charge in [0.25, 0.3) is 0 Å². The Morgan fingerprint density at radius 3 is 2.86 bits per heavy atom. The van der Waals surface area contributed by atoms with Crippen LogP contribution in [0.3, 0.4) is 0 Å². The van der Waals surface area contributed by atoms with E-state index in [1.165, 1.54) is 12.8 Å². The number of rotatable bonds is 3. The smallest absolute Gasteiger partial charge is 0.0638 e. The number of nitriles is 1. The molecule has 14 heavy (non-hydrogen) atoms. The molecule has 0 radical (unpaired) electrons. The molecule has 0 heterocycles. The molecule has 1 aliphatic rings. The lowest BCUT2D eigenvalue weighted by Crippen LogP contribution is -2.44. The molecule has 0 aromatic carbocycles. The molecular weight excluding hydrogens is 174 g/mol. The number of nitrogens with two attached hydrogens (primary N) is 1. The Balaban J connectivity index is 2.43. The minimum atomic E-state index is 0.357. The van der Waals surface area contributed by atoms with Crippen LogP contribution in [0.25, 0.3) is 0 Å². The third-order valence-corrected chi connectivity index (χ3v) is 3.35. The molecule has 0 bridgehead atoms. The second kappa shape index (κ2) is 5.33. The number of hydrogen-bond acceptors (Lipinski definition) is 3. The molecule has 0 amide bonds. The monoisotopic (exact) mass is 195 g/mol. The van der Waals surface area contributed by atoms with E-state index in [-0.39, 0.29) is 0 Å². The molecule has 0 aromatic heterocycles. The van der Waals surface area contributed by atoms with E-state index >= 15 is 0 Å². The van der Waals surface area contributed by atoms with E-state index in [9.17, 15) is 0 Å². The van der Waals surface area contributed by atoms with Gasteiger partial charge < -0.3 is 5.73 Å². The van der Waals surface area contributed by atoms with Crippen LogP contribution in [0, 0.1) is 11.3 Å². The topological polar surface area (TPSA) is 53.0 Å². The van der Waals surface area contributed by atoms with Crippen LogP contribution in [0.5, 0.6) is 0 Å². The van der Waals surface area contributed by atoms with Crippen molar-refractivity contribution in [2.24, 2.45) is 5.73 Å².